The highest BCUT2D eigenvalue weighted by Crippen LogP contribution is 2.32. The van der Waals surface area contributed by atoms with E-state index in [2.05, 4.69) is 16.5 Å². The summed E-state index contributed by atoms with van der Waals surface area (Å²) in [6, 6.07) is 2.73. The Bertz CT molecular complexity index is 1380. The number of aromatic nitrogens is 2. The molecule has 0 bridgehead atoms. The molecule has 1 saturated carbocycles. The lowest BCUT2D eigenvalue weighted by atomic mass is 9.82. The fraction of sp³-hybridized carbons (Fsp3) is 0.269. The summed E-state index contributed by atoms with van der Waals surface area (Å²) in [6.07, 6.45) is 2.41. The summed E-state index contributed by atoms with van der Waals surface area (Å²) in [4.78, 5) is 20.5. The van der Waals surface area contributed by atoms with Gasteiger partial charge >= 0.3 is 12.1 Å². The van der Waals surface area contributed by atoms with E-state index in [1.165, 1.54) is 24.4 Å². The second-order valence-corrected chi connectivity index (χ2v) is 8.36. The second-order valence-electron chi connectivity index (χ2n) is 8.36. The van der Waals surface area contributed by atoms with Crippen LogP contribution in [0.5, 0.6) is 5.75 Å². The van der Waals surface area contributed by atoms with Gasteiger partial charge in [-0.3, -0.25) is 4.79 Å². The second kappa shape index (κ2) is 10.0. The maximum absolute atomic E-state index is 14.7. The van der Waals surface area contributed by atoms with Gasteiger partial charge in [-0.05, 0) is 55.2 Å². The van der Waals surface area contributed by atoms with Gasteiger partial charge in [0.2, 0.25) is 0 Å². The molecule has 1 fully saturated rings. The number of fused-ring (bicyclic) bond motifs is 1. The lowest BCUT2D eigenvalue weighted by Gasteiger charge is -2.24. The molecule has 1 heterocycles. The molecule has 0 spiro atoms. The molecule has 1 aliphatic rings. The Morgan fingerprint density at radius 1 is 1.03 bits per heavy atom. The molecule has 36 heavy (non-hydrogen) atoms. The molecular weight excluding hydrogens is 486 g/mol. The van der Waals surface area contributed by atoms with Gasteiger partial charge in [-0.15, -0.1) is 6.58 Å². The van der Waals surface area contributed by atoms with Gasteiger partial charge in [-0.1, -0.05) is 12.0 Å². The Kier molecular flexibility index (Phi) is 7.02. The topological polar surface area (TPSA) is 52.1 Å². The van der Waals surface area contributed by atoms with Crippen molar-refractivity contribution in [2.75, 3.05) is 0 Å². The zero-order chi connectivity index (χ0) is 26.0. The van der Waals surface area contributed by atoms with Gasteiger partial charge in [-0.2, -0.15) is 13.2 Å². The van der Waals surface area contributed by atoms with Crippen LogP contribution >= 0.6 is 0 Å². The number of allylic oxidation sites excluding steroid dienone is 1. The van der Waals surface area contributed by atoms with Gasteiger partial charge in [0, 0.05) is 11.5 Å². The van der Waals surface area contributed by atoms with Gasteiger partial charge in [0.1, 0.15) is 11.6 Å². The third kappa shape index (κ3) is 5.51. The molecular formula is C26H18F6N2O2. The molecule has 4 rings (SSSR count). The van der Waals surface area contributed by atoms with Crippen LogP contribution in [0.25, 0.3) is 22.2 Å². The molecule has 0 amide bonds. The van der Waals surface area contributed by atoms with Crippen LogP contribution in [0.1, 0.15) is 31.2 Å². The highest BCUT2D eigenvalue weighted by molar-refractivity contribution is 5.89. The molecule has 3 aromatic rings. The van der Waals surface area contributed by atoms with Crippen LogP contribution in [-0.2, 0) is 4.79 Å². The van der Waals surface area contributed by atoms with E-state index in [0.29, 0.717) is 24.8 Å². The number of esters is 1. The first kappa shape index (κ1) is 25.2. The third-order valence-corrected chi connectivity index (χ3v) is 5.95. The molecule has 186 valence electrons. The number of hydrogen-bond donors (Lipinski definition) is 0. The van der Waals surface area contributed by atoms with Crippen LogP contribution in [0.3, 0.4) is 0 Å². The van der Waals surface area contributed by atoms with E-state index in [1.807, 2.05) is 6.08 Å². The number of hydrogen-bond acceptors (Lipinski definition) is 4. The fourth-order valence-corrected chi connectivity index (χ4v) is 4.10. The van der Waals surface area contributed by atoms with Crippen molar-refractivity contribution in [3.63, 3.8) is 0 Å². The first-order chi connectivity index (χ1) is 17.1. The smallest absolute Gasteiger partial charge is 0.423 e. The summed E-state index contributed by atoms with van der Waals surface area (Å²) in [5, 5.41) is -0.977. The number of halogens is 6. The molecule has 0 unspecified atom stereocenters. The van der Waals surface area contributed by atoms with Crippen LogP contribution in [0.2, 0.25) is 0 Å². The highest BCUT2D eigenvalue weighted by Gasteiger charge is 2.27. The van der Waals surface area contributed by atoms with Crippen LogP contribution < -0.4 is 4.74 Å². The highest BCUT2D eigenvalue weighted by atomic mass is 19.4. The molecule has 0 aliphatic heterocycles. The van der Waals surface area contributed by atoms with Crippen molar-refractivity contribution in [3.05, 3.63) is 66.3 Å². The summed E-state index contributed by atoms with van der Waals surface area (Å²) in [6.45, 7) is 3.77. The predicted molar refractivity (Wildman–Crippen MR) is 119 cm³/mol. The average Bonchev–Trinajstić information content (AvgIpc) is 2.83. The molecule has 0 saturated heterocycles. The van der Waals surface area contributed by atoms with Gasteiger partial charge in [0.15, 0.2) is 17.4 Å². The Morgan fingerprint density at radius 2 is 1.69 bits per heavy atom. The van der Waals surface area contributed by atoms with E-state index in [4.69, 9.17) is 4.74 Å². The molecule has 10 heteroatoms. The van der Waals surface area contributed by atoms with Gasteiger partial charge in [0.05, 0.1) is 29.3 Å². The summed E-state index contributed by atoms with van der Waals surface area (Å²) < 4.78 is 85.9. The normalized spacial score (nSPS) is 17.8. The number of rotatable bonds is 4. The number of benzene rings is 2. The largest absolute Gasteiger partial charge is 0.458 e. The monoisotopic (exact) mass is 504 g/mol. The van der Waals surface area contributed by atoms with Gasteiger partial charge < -0.3 is 4.74 Å². The summed E-state index contributed by atoms with van der Waals surface area (Å²) in [5.74, 6) is -2.13. The van der Waals surface area contributed by atoms with E-state index in [1.54, 1.807) is 0 Å². The van der Waals surface area contributed by atoms with Crippen molar-refractivity contribution < 1.29 is 35.9 Å². The maximum Gasteiger partial charge on any atom is 0.458 e. The molecule has 2 aromatic carbocycles. The zero-order valence-electron chi connectivity index (χ0n) is 18.6. The Balaban J connectivity index is 1.56. The summed E-state index contributed by atoms with van der Waals surface area (Å²) in [7, 11) is 0. The van der Waals surface area contributed by atoms with Crippen LogP contribution in [0.4, 0.5) is 26.3 Å². The minimum Gasteiger partial charge on any atom is -0.423 e. The minimum absolute atomic E-state index is 0.0242. The first-order valence-electron chi connectivity index (χ1n) is 10.9. The lowest BCUT2D eigenvalue weighted by molar-refractivity contribution is -0.140. The standard InChI is InChI=1S/C26H18F6N2O2/c1-2-14-3-5-15(6-4-14)25(35)36-18-12-33-24(34-13-18)17-9-16-10-20(27)19(7-8-26(30,31)32)23(29)22(16)21(28)11-17/h2,9-15H,1,3-6H2. The van der Waals surface area contributed by atoms with Crippen molar-refractivity contribution in [1.82, 2.24) is 9.97 Å². The van der Waals surface area contributed by atoms with Crippen LogP contribution in [0, 0.1) is 41.1 Å². The lowest BCUT2D eigenvalue weighted by Crippen LogP contribution is -2.25. The van der Waals surface area contributed by atoms with Crippen molar-refractivity contribution in [3.8, 4) is 29.0 Å². The van der Waals surface area contributed by atoms with Crippen LogP contribution in [-0.4, -0.2) is 22.1 Å². The Hall–Kier alpha value is -3.87. The average molecular weight is 504 g/mol. The van der Waals surface area contributed by atoms with Crippen molar-refractivity contribution in [2.24, 2.45) is 11.8 Å². The number of carbonyl (C=O) groups excluding carboxylic acids is 1. The number of nitrogens with zero attached hydrogens (tertiary/aromatic N) is 2. The first-order valence-corrected chi connectivity index (χ1v) is 10.9. The fourth-order valence-electron chi connectivity index (χ4n) is 4.10. The van der Waals surface area contributed by atoms with Crippen molar-refractivity contribution >= 4 is 16.7 Å². The van der Waals surface area contributed by atoms with Gasteiger partial charge in [0.25, 0.3) is 0 Å². The summed E-state index contributed by atoms with van der Waals surface area (Å²) in [5.41, 5.74) is -1.14. The van der Waals surface area contributed by atoms with E-state index >= 15 is 0 Å². The maximum atomic E-state index is 14.7. The molecule has 0 N–H and O–H groups in total. The molecule has 1 aliphatic carbocycles. The zero-order valence-corrected chi connectivity index (χ0v) is 18.6. The van der Waals surface area contributed by atoms with Crippen LogP contribution in [0.15, 0.2) is 43.2 Å². The third-order valence-electron chi connectivity index (χ3n) is 5.95. The van der Waals surface area contributed by atoms with E-state index in [0.717, 1.165) is 24.8 Å². The molecule has 1 aromatic heterocycles. The molecule has 0 atom stereocenters. The molecule has 4 nitrogen and oxygen atoms in total. The van der Waals surface area contributed by atoms with E-state index < -0.39 is 40.5 Å². The quantitative estimate of drug-likeness (QED) is 0.176. The Morgan fingerprint density at radius 3 is 2.31 bits per heavy atom. The Labute approximate surface area is 202 Å². The van der Waals surface area contributed by atoms with Crippen molar-refractivity contribution in [2.45, 2.75) is 31.9 Å². The van der Waals surface area contributed by atoms with E-state index in [9.17, 15) is 31.1 Å². The summed E-state index contributed by atoms with van der Waals surface area (Å²) >= 11 is 0. The predicted octanol–water partition coefficient (Wildman–Crippen LogP) is 6.53. The number of ether oxygens (including phenoxy) is 1. The molecule has 0 radical (unpaired) electrons. The number of alkyl halides is 3. The number of carbonyl (C=O) groups is 1. The SMILES string of the molecule is C=CC1CCC(C(=O)Oc2cnc(-c3cc(F)c4c(F)c(C#CC(F)(F)F)c(F)cc4c3)nc2)CC1. The minimum atomic E-state index is -4.97. The van der Waals surface area contributed by atoms with Gasteiger partial charge in [-0.25, -0.2) is 23.1 Å². The van der Waals surface area contributed by atoms with Crippen molar-refractivity contribution in [1.29, 1.82) is 0 Å². The van der Waals surface area contributed by atoms with E-state index in [-0.39, 0.29) is 28.4 Å².